The number of ketones is 1. The lowest BCUT2D eigenvalue weighted by Gasteiger charge is -2.11. The molecule has 8 heteroatoms. The highest BCUT2D eigenvalue weighted by Crippen LogP contribution is 2.44. The maximum atomic E-state index is 13.7. The molecule has 3 N–H and O–H groups in total. The van der Waals surface area contributed by atoms with Gasteiger partial charge in [0.1, 0.15) is 14.8 Å². The molecule has 0 saturated carbocycles. The van der Waals surface area contributed by atoms with Gasteiger partial charge in [-0.05, 0) is 66.9 Å². The zero-order valence-corrected chi connectivity index (χ0v) is 22.7. The summed E-state index contributed by atoms with van der Waals surface area (Å²) >= 11 is 4.41. The molecule has 0 saturated heterocycles. The van der Waals surface area contributed by atoms with Crippen LogP contribution in [0.3, 0.4) is 0 Å². The third-order valence-corrected chi connectivity index (χ3v) is 9.28. The van der Waals surface area contributed by atoms with E-state index < -0.39 is 9.84 Å². The summed E-state index contributed by atoms with van der Waals surface area (Å²) in [5.41, 5.74) is 9.59. The largest absolute Gasteiger partial charge is 0.396 e. The first kappa shape index (κ1) is 25.2. The van der Waals surface area contributed by atoms with Gasteiger partial charge in [0.25, 0.3) is 0 Å². The maximum Gasteiger partial charge on any atom is 0.211 e. The van der Waals surface area contributed by atoms with Crippen LogP contribution in [0.25, 0.3) is 0 Å². The van der Waals surface area contributed by atoms with Crippen LogP contribution in [0.1, 0.15) is 46.1 Å². The van der Waals surface area contributed by atoms with Crippen molar-refractivity contribution >= 4 is 59.3 Å². The quantitative estimate of drug-likeness (QED) is 0.228. The molecule has 1 aromatic heterocycles. The highest BCUT2D eigenvalue weighted by atomic mass is 79.9. The molecule has 0 amide bonds. The van der Waals surface area contributed by atoms with Crippen LogP contribution in [0.4, 0.5) is 16.4 Å². The van der Waals surface area contributed by atoms with Gasteiger partial charge in [0.15, 0.2) is 0 Å². The Bertz CT molecular complexity index is 1470. The molecule has 4 aromatic rings. The smallest absolute Gasteiger partial charge is 0.211 e. The highest BCUT2D eigenvalue weighted by Gasteiger charge is 2.31. The molecule has 0 aliphatic rings. The van der Waals surface area contributed by atoms with E-state index in [1.165, 1.54) is 5.56 Å². The molecule has 4 rings (SSSR count). The van der Waals surface area contributed by atoms with Gasteiger partial charge in [-0.1, -0.05) is 59.6 Å². The second kappa shape index (κ2) is 9.97. The van der Waals surface area contributed by atoms with E-state index in [0.717, 1.165) is 21.4 Å². The van der Waals surface area contributed by atoms with E-state index in [-0.39, 0.29) is 26.1 Å². The van der Waals surface area contributed by atoms with Crippen molar-refractivity contribution in [1.29, 1.82) is 0 Å². The van der Waals surface area contributed by atoms with E-state index in [9.17, 15) is 13.2 Å². The Kier molecular flexibility index (Phi) is 7.17. The minimum atomic E-state index is -4.00. The molecule has 0 atom stereocenters. The Labute approximate surface area is 218 Å². The van der Waals surface area contributed by atoms with Crippen molar-refractivity contribution in [1.82, 2.24) is 0 Å². The molecular formula is C27H25BrN2O3S2. The summed E-state index contributed by atoms with van der Waals surface area (Å²) in [7, 11) is -4.00. The first-order valence-electron chi connectivity index (χ1n) is 11.0. The molecule has 1 heterocycles. The predicted molar refractivity (Wildman–Crippen MR) is 147 cm³/mol. The van der Waals surface area contributed by atoms with Gasteiger partial charge in [-0.15, -0.1) is 11.3 Å². The Morgan fingerprint density at radius 3 is 2.11 bits per heavy atom. The summed E-state index contributed by atoms with van der Waals surface area (Å²) < 4.78 is 28.2. The summed E-state index contributed by atoms with van der Waals surface area (Å²) in [6.45, 7) is 6.10. The van der Waals surface area contributed by atoms with Crippen LogP contribution in [0.15, 0.2) is 87.1 Å². The summed E-state index contributed by atoms with van der Waals surface area (Å²) in [4.78, 5) is 13.5. The van der Waals surface area contributed by atoms with Crippen LogP contribution < -0.4 is 11.1 Å². The number of carbonyl (C=O) groups is 1. The van der Waals surface area contributed by atoms with E-state index in [0.29, 0.717) is 22.2 Å². The molecule has 180 valence electrons. The summed E-state index contributed by atoms with van der Waals surface area (Å²) in [5.74, 6) is 0.0394. The highest BCUT2D eigenvalue weighted by molar-refractivity contribution is 9.10. The number of benzene rings is 3. The standard InChI is InChI=1S/C27H25BrN2O3S2/c1-16(2)18-8-12-21(13-9-18)30-27-26(35(32,33)22-14-4-17(3)5-15-22)23(29)25(34-27)24(31)19-6-10-20(28)11-7-19/h4-16,30H,29H2,1-3H3. The second-order valence-electron chi connectivity index (χ2n) is 8.56. The van der Waals surface area contributed by atoms with Crippen molar-refractivity contribution in [2.45, 2.75) is 36.5 Å². The number of hydrogen-bond acceptors (Lipinski definition) is 6. The molecule has 0 unspecified atom stereocenters. The first-order chi connectivity index (χ1) is 16.6. The SMILES string of the molecule is Cc1ccc(S(=O)(=O)c2c(Nc3ccc(C(C)C)cc3)sc(C(=O)c3ccc(Br)cc3)c2N)cc1. The van der Waals surface area contributed by atoms with Gasteiger partial charge in [-0.2, -0.15) is 0 Å². The molecule has 35 heavy (non-hydrogen) atoms. The monoisotopic (exact) mass is 568 g/mol. The van der Waals surface area contributed by atoms with Crippen LogP contribution >= 0.6 is 27.3 Å². The summed E-state index contributed by atoms with van der Waals surface area (Å²) in [6, 6.07) is 21.2. The van der Waals surface area contributed by atoms with Crippen molar-refractivity contribution < 1.29 is 13.2 Å². The van der Waals surface area contributed by atoms with Gasteiger partial charge < -0.3 is 11.1 Å². The molecule has 3 aromatic carbocycles. The molecule has 0 fully saturated rings. The Hall–Kier alpha value is -2.94. The number of anilines is 3. The van der Waals surface area contributed by atoms with Crippen molar-refractivity contribution in [2.24, 2.45) is 0 Å². The van der Waals surface area contributed by atoms with Gasteiger partial charge >= 0.3 is 0 Å². The number of nitrogens with two attached hydrogens (primary N) is 1. The molecule has 0 aliphatic heterocycles. The maximum absolute atomic E-state index is 13.7. The van der Waals surface area contributed by atoms with Crippen molar-refractivity contribution in [3.63, 3.8) is 0 Å². The lowest BCUT2D eigenvalue weighted by Crippen LogP contribution is -2.08. The minimum Gasteiger partial charge on any atom is -0.396 e. The normalized spacial score (nSPS) is 11.6. The van der Waals surface area contributed by atoms with Crippen molar-refractivity contribution in [3.8, 4) is 0 Å². The lowest BCUT2D eigenvalue weighted by atomic mass is 10.0. The molecule has 0 spiro atoms. The van der Waals surface area contributed by atoms with Gasteiger partial charge in [0, 0.05) is 15.7 Å². The van der Waals surface area contributed by atoms with E-state index >= 15 is 0 Å². The van der Waals surface area contributed by atoms with E-state index in [4.69, 9.17) is 5.73 Å². The Morgan fingerprint density at radius 2 is 1.54 bits per heavy atom. The molecular weight excluding hydrogens is 544 g/mol. The van der Waals surface area contributed by atoms with Gasteiger partial charge in [0.2, 0.25) is 15.6 Å². The molecule has 0 bridgehead atoms. The Morgan fingerprint density at radius 1 is 0.943 bits per heavy atom. The fraction of sp³-hybridized carbons (Fsp3) is 0.148. The number of sulfone groups is 1. The van der Waals surface area contributed by atoms with Crippen LogP contribution in [0, 0.1) is 6.92 Å². The summed E-state index contributed by atoms with van der Waals surface area (Å²) in [5, 5.41) is 3.51. The number of aryl methyl sites for hydroxylation is 1. The fourth-order valence-electron chi connectivity index (χ4n) is 3.60. The minimum absolute atomic E-state index is 0.0511. The number of nitrogen functional groups attached to an aromatic ring is 1. The average molecular weight is 570 g/mol. The number of carbonyl (C=O) groups excluding carboxylic acids is 1. The number of hydrogen-bond donors (Lipinski definition) is 2. The van der Waals surface area contributed by atoms with Crippen LogP contribution in [-0.4, -0.2) is 14.2 Å². The number of rotatable bonds is 7. The van der Waals surface area contributed by atoms with Gasteiger partial charge in [-0.25, -0.2) is 8.42 Å². The van der Waals surface area contributed by atoms with E-state index in [1.54, 1.807) is 48.5 Å². The number of halogens is 1. The van der Waals surface area contributed by atoms with Crippen molar-refractivity contribution in [2.75, 3.05) is 11.1 Å². The van der Waals surface area contributed by atoms with Crippen LogP contribution in [0.2, 0.25) is 0 Å². The second-order valence-corrected chi connectivity index (χ2v) is 12.4. The Balaban J connectivity index is 1.84. The first-order valence-corrected chi connectivity index (χ1v) is 14.1. The topological polar surface area (TPSA) is 89.3 Å². The molecule has 0 aliphatic carbocycles. The molecule has 5 nitrogen and oxygen atoms in total. The van der Waals surface area contributed by atoms with Crippen LogP contribution in [0.5, 0.6) is 0 Å². The third kappa shape index (κ3) is 5.19. The van der Waals surface area contributed by atoms with Crippen LogP contribution in [-0.2, 0) is 9.84 Å². The van der Waals surface area contributed by atoms with E-state index in [2.05, 4.69) is 35.1 Å². The molecule has 0 radical (unpaired) electrons. The fourth-order valence-corrected chi connectivity index (χ4v) is 6.79. The van der Waals surface area contributed by atoms with Gasteiger partial charge in [-0.3, -0.25) is 4.79 Å². The number of thiophene rings is 1. The van der Waals surface area contributed by atoms with E-state index in [1.807, 2.05) is 31.2 Å². The van der Waals surface area contributed by atoms with Gasteiger partial charge in [0.05, 0.1) is 10.6 Å². The zero-order valence-electron chi connectivity index (χ0n) is 19.5. The zero-order chi connectivity index (χ0) is 25.3. The predicted octanol–water partition coefficient (Wildman–Crippen LogP) is 7.33. The lowest BCUT2D eigenvalue weighted by molar-refractivity contribution is 0.104. The third-order valence-electron chi connectivity index (χ3n) is 5.65. The summed E-state index contributed by atoms with van der Waals surface area (Å²) in [6.07, 6.45) is 0. The van der Waals surface area contributed by atoms with Crippen molar-refractivity contribution in [3.05, 3.63) is 98.8 Å². The number of nitrogens with one attached hydrogen (secondary N) is 1. The average Bonchev–Trinajstić information content (AvgIpc) is 3.16.